The first kappa shape index (κ1) is 24.2. The van der Waals surface area contributed by atoms with Crippen molar-refractivity contribution in [1.82, 2.24) is 5.32 Å². The van der Waals surface area contributed by atoms with Gasteiger partial charge in [-0.25, -0.2) is 4.79 Å². The van der Waals surface area contributed by atoms with Gasteiger partial charge in [0.25, 0.3) is 5.91 Å². The van der Waals surface area contributed by atoms with Crippen LogP contribution in [0.1, 0.15) is 54.9 Å². The summed E-state index contributed by atoms with van der Waals surface area (Å²) >= 11 is 9.42. The van der Waals surface area contributed by atoms with Gasteiger partial charge in [-0.05, 0) is 42.3 Å². The van der Waals surface area contributed by atoms with Crippen molar-refractivity contribution in [3.8, 4) is 5.75 Å². The van der Waals surface area contributed by atoms with Gasteiger partial charge in [0.05, 0.1) is 12.2 Å². The van der Waals surface area contributed by atoms with Gasteiger partial charge in [-0.2, -0.15) is 0 Å². The molecule has 0 radical (unpaired) electrons. The Bertz CT molecular complexity index is 842. The van der Waals surface area contributed by atoms with E-state index in [-0.39, 0.29) is 12.0 Å². The summed E-state index contributed by atoms with van der Waals surface area (Å²) in [5, 5.41) is 12.5. The van der Waals surface area contributed by atoms with Crippen LogP contribution in [0.3, 0.4) is 0 Å². The smallest absolute Gasteiger partial charge is 0.326 e. The van der Waals surface area contributed by atoms with Gasteiger partial charge in [-0.1, -0.05) is 72.3 Å². The Morgan fingerprint density at radius 3 is 2.47 bits per heavy atom. The zero-order valence-corrected chi connectivity index (χ0v) is 19.3. The van der Waals surface area contributed by atoms with Crippen LogP contribution in [0.5, 0.6) is 5.75 Å². The summed E-state index contributed by atoms with van der Waals surface area (Å²) in [5.41, 5.74) is 1.04. The molecule has 2 N–H and O–H groups in total. The lowest BCUT2D eigenvalue weighted by Gasteiger charge is -2.17. The molecule has 2 rings (SSSR count). The molecule has 0 heterocycles. The molecule has 0 aliphatic carbocycles. The zero-order valence-electron chi connectivity index (χ0n) is 17.0. The molecular formula is C23H27BrClNO4. The Balaban J connectivity index is 2.04. The van der Waals surface area contributed by atoms with Crippen molar-refractivity contribution >= 4 is 39.4 Å². The Morgan fingerprint density at radius 1 is 1.10 bits per heavy atom. The fourth-order valence-corrected chi connectivity index (χ4v) is 3.42. The number of halogens is 2. The van der Waals surface area contributed by atoms with Gasteiger partial charge in [0.1, 0.15) is 11.8 Å². The van der Waals surface area contributed by atoms with Crippen molar-refractivity contribution < 1.29 is 19.4 Å². The van der Waals surface area contributed by atoms with E-state index in [1.54, 1.807) is 12.1 Å². The van der Waals surface area contributed by atoms with E-state index >= 15 is 0 Å². The summed E-state index contributed by atoms with van der Waals surface area (Å²) < 4.78 is 6.70. The summed E-state index contributed by atoms with van der Waals surface area (Å²) in [7, 11) is 0. The molecule has 0 saturated heterocycles. The first-order valence-corrected chi connectivity index (χ1v) is 11.3. The van der Waals surface area contributed by atoms with Gasteiger partial charge in [0, 0.05) is 15.9 Å². The molecule has 0 fully saturated rings. The van der Waals surface area contributed by atoms with Crippen LogP contribution in [0.2, 0.25) is 5.02 Å². The van der Waals surface area contributed by atoms with Gasteiger partial charge < -0.3 is 15.2 Å². The molecule has 162 valence electrons. The lowest BCUT2D eigenvalue weighted by atomic mass is 10.1. The van der Waals surface area contributed by atoms with Crippen LogP contribution in [-0.2, 0) is 11.2 Å². The van der Waals surface area contributed by atoms with E-state index in [4.69, 9.17) is 16.3 Å². The molecule has 2 aromatic rings. The van der Waals surface area contributed by atoms with Crippen LogP contribution in [0.4, 0.5) is 0 Å². The molecule has 0 aliphatic rings. The molecule has 0 bridgehead atoms. The average Bonchev–Trinajstić information content (AvgIpc) is 2.72. The number of aliphatic carboxylic acids is 1. The SMILES string of the molecule is CCCCCCCOc1ccc(Cl)cc1C(=O)NC(Cc1ccc(Br)cc1)C(=O)O. The number of carbonyl (C=O) groups is 2. The maximum atomic E-state index is 12.8. The standard InChI is InChI=1S/C23H27BrClNO4/c1-2-3-4-5-6-13-30-21-12-11-18(25)15-19(21)22(27)26-20(23(28)29)14-16-7-9-17(24)10-8-16/h7-12,15,20H,2-6,13-14H2,1H3,(H,26,27)(H,28,29). The molecule has 1 unspecified atom stereocenters. The van der Waals surface area contributed by atoms with E-state index in [0.717, 1.165) is 29.3 Å². The predicted molar refractivity (Wildman–Crippen MR) is 122 cm³/mol. The molecule has 0 saturated carbocycles. The third-order valence-corrected chi connectivity index (χ3v) is 5.41. The Hall–Kier alpha value is -2.05. The van der Waals surface area contributed by atoms with E-state index in [1.807, 2.05) is 24.3 Å². The number of amides is 1. The third kappa shape index (κ3) is 8.00. The number of carboxylic acids is 1. The number of nitrogens with one attached hydrogen (secondary N) is 1. The van der Waals surface area contributed by atoms with Crippen LogP contribution >= 0.6 is 27.5 Å². The summed E-state index contributed by atoms with van der Waals surface area (Å²) in [4.78, 5) is 24.5. The summed E-state index contributed by atoms with van der Waals surface area (Å²) in [6, 6.07) is 11.0. The molecule has 7 heteroatoms. The second-order valence-corrected chi connectivity index (χ2v) is 8.45. The van der Waals surface area contributed by atoms with Gasteiger partial charge in [-0.15, -0.1) is 0 Å². The number of benzene rings is 2. The molecule has 30 heavy (non-hydrogen) atoms. The van der Waals surface area contributed by atoms with E-state index in [1.165, 1.54) is 18.9 Å². The topological polar surface area (TPSA) is 75.6 Å². The Morgan fingerprint density at radius 2 is 1.80 bits per heavy atom. The quantitative estimate of drug-likeness (QED) is 0.360. The number of carboxylic acid groups (broad SMARTS) is 1. The van der Waals surface area contributed by atoms with Crippen molar-refractivity contribution in [3.63, 3.8) is 0 Å². The maximum absolute atomic E-state index is 12.8. The number of carbonyl (C=O) groups excluding carboxylic acids is 1. The number of rotatable bonds is 12. The van der Waals surface area contributed by atoms with Gasteiger partial charge in [-0.3, -0.25) is 4.79 Å². The molecule has 5 nitrogen and oxygen atoms in total. The second-order valence-electron chi connectivity index (χ2n) is 7.10. The minimum absolute atomic E-state index is 0.169. The lowest BCUT2D eigenvalue weighted by molar-refractivity contribution is -0.139. The highest BCUT2D eigenvalue weighted by atomic mass is 79.9. The molecule has 1 amide bonds. The highest BCUT2D eigenvalue weighted by Crippen LogP contribution is 2.24. The monoisotopic (exact) mass is 495 g/mol. The zero-order chi connectivity index (χ0) is 21.9. The van der Waals surface area contributed by atoms with E-state index < -0.39 is 17.9 Å². The largest absolute Gasteiger partial charge is 0.493 e. The van der Waals surface area contributed by atoms with Crippen molar-refractivity contribution in [2.24, 2.45) is 0 Å². The Kier molecular flexibility index (Phi) is 10.2. The molecule has 0 aromatic heterocycles. The summed E-state index contributed by atoms with van der Waals surface area (Å²) in [5.74, 6) is -1.23. The van der Waals surface area contributed by atoms with Gasteiger partial charge >= 0.3 is 5.97 Å². The minimum atomic E-state index is -1.10. The van der Waals surface area contributed by atoms with Crippen molar-refractivity contribution in [2.45, 2.75) is 51.5 Å². The predicted octanol–water partition coefficient (Wildman–Crippen LogP) is 5.88. The lowest BCUT2D eigenvalue weighted by Crippen LogP contribution is -2.42. The molecule has 0 spiro atoms. The fourth-order valence-electron chi connectivity index (χ4n) is 2.99. The van der Waals surface area contributed by atoms with Crippen LogP contribution < -0.4 is 10.1 Å². The number of hydrogen-bond donors (Lipinski definition) is 2. The van der Waals surface area contributed by atoms with Crippen LogP contribution in [0.25, 0.3) is 0 Å². The highest BCUT2D eigenvalue weighted by molar-refractivity contribution is 9.10. The maximum Gasteiger partial charge on any atom is 0.326 e. The van der Waals surface area contributed by atoms with E-state index in [0.29, 0.717) is 17.4 Å². The normalized spacial score (nSPS) is 11.7. The first-order chi connectivity index (χ1) is 14.4. The average molecular weight is 497 g/mol. The molecule has 0 aliphatic heterocycles. The van der Waals surface area contributed by atoms with Gasteiger partial charge in [0.2, 0.25) is 0 Å². The van der Waals surface area contributed by atoms with Crippen LogP contribution in [0.15, 0.2) is 46.9 Å². The molecule has 2 aromatic carbocycles. The minimum Gasteiger partial charge on any atom is -0.493 e. The van der Waals surface area contributed by atoms with Gasteiger partial charge in [0.15, 0.2) is 0 Å². The number of ether oxygens (including phenoxy) is 1. The number of unbranched alkanes of at least 4 members (excludes halogenated alkanes) is 4. The van der Waals surface area contributed by atoms with Crippen LogP contribution in [0, 0.1) is 0 Å². The fraction of sp³-hybridized carbons (Fsp3) is 0.391. The van der Waals surface area contributed by atoms with Crippen molar-refractivity contribution in [3.05, 3.63) is 63.1 Å². The van der Waals surface area contributed by atoms with E-state index in [9.17, 15) is 14.7 Å². The summed E-state index contributed by atoms with van der Waals surface area (Å²) in [6.45, 7) is 2.66. The van der Waals surface area contributed by atoms with Crippen LogP contribution in [-0.4, -0.2) is 29.6 Å². The second kappa shape index (κ2) is 12.6. The number of hydrogen-bond acceptors (Lipinski definition) is 3. The highest BCUT2D eigenvalue weighted by Gasteiger charge is 2.23. The molecular weight excluding hydrogens is 470 g/mol. The third-order valence-electron chi connectivity index (χ3n) is 4.65. The first-order valence-electron chi connectivity index (χ1n) is 10.1. The van der Waals surface area contributed by atoms with E-state index in [2.05, 4.69) is 28.2 Å². The molecule has 1 atom stereocenters. The Labute approximate surface area is 190 Å². The van der Waals surface area contributed by atoms with Crippen molar-refractivity contribution in [2.75, 3.05) is 6.61 Å². The summed E-state index contributed by atoms with van der Waals surface area (Å²) in [6.07, 6.45) is 5.66. The van der Waals surface area contributed by atoms with Crippen molar-refractivity contribution in [1.29, 1.82) is 0 Å².